The number of benzene rings is 1. The highest BCUT2D eigenvalue weighted by Crippen LogP contribution is 2.31. The predicted molar refractivity (Wildman–Crippen MR) is 57.5 cm³/mol. The molecule has 1 aromatic carbocycles. The third-order valence-corrected chi connectivity index (χ3v) is 2.95. The Morgan fingerprint density at radius 3 is 2.29 bits per heavy atom. The lowest BCUT2D eigenvalue weighted by atomic mass is 9.94. The number of Topliss-reactive ketones (excluding diaryl/α,β-unsaturated/α-hetero) is 1. The average Bonchev–Trinajstić information content (AvgIpc) is 2.49. The molecule has 1 fully saturated rings. The van der Waals surface area contributed by atoms with E-state index in [0.717, 1.165) is 19.3 Å². The largest absolute Gasteiger partial charge is 0.299 e. The Morgan fingerprint density at radius 2 is 1.79 bits per heavy atom. The van der Waals surface area contributed by atoms with Crippen LogP contribution in [0.15, 0.2) is 18.2 Å². The second kappa shape index (κ2) is 3.56. The molecule has 1 nitrogen and oxygen atoms in total. The Balaban J connectivity index is 2.35. The van der Waals surface area contributed by atoms with Crippen LogP contribution in [0, 0.1) is 13.8 Å². The van der Waals surface area contributed by atoms with Gasteiger partial charge in [0.25, 0.3) is 0 Å². The maximum absolute atomic E-state index is 11.6. The molecule has 0 spiro atoms. The molecule has 0 heterocycles. The van der Waals surface area contributed by atoms with Gasteiger partial charge in [0, 0.05) is 12.3 Å². The Hall–Kier alpha value is -1.11. The zero-order chi connectivity index (χ0) is 10.1. The van der Waals surface area contributed by atoms with Gasteiger partial charge in [0.2, 0.25) is 0 Å². The van der Waals surface area contributed by atoms with Crippen LogP contribution in [-0.4, -0.2) is 5.78 Å². The highest BCUT2D eigenvalue weighted by atomic mass is 16.1. The van der Waals surface area contributed by atoms with Crippen molar-refractivity contribution in [2.75, 3.05) is 0 Å². The van der Waals surface area contributed by atoms with Gasteiger partial charge in [-0.1, -0.05) is 29.3 Å². The molecule has 0 amide bonds. The van der Waals surface area contributed by atoms with Gasteiger partial charge in [-0.3, -0.25) is 4.79 Å². The molecule has 1 aromatic rings. The van der Waals surface area contributed by atoms with Crippen molar-refractivity contribution in [3.63, 3.8) is 0 Å². The molecule has 1 atom stereocenters. The maximum Gasteiger partial charge on any atom is 0.140 e. The molecule has 1 heteroatoms. The predicted octanol–water partition coefficient (Wildman–Crippen LogP) is 3.14. The quantitative estimate of drug-likeness (QED) is 0.661. The summed E-state index contributed by atoms with van der Waals surface area (Å²) >= 11 is 0. The first-order chi connectivity index (χ1) is 6.66. The van der Waals surface area contributed by atoms with Gasteiger partial charge in [-0.2, -0.15) is 0 Å². The molecule has 0 aromatic heterocycles. The Bertz CT molecular complexity index is 345. The van der Waals surface area contributed by atoms with Crippen molar-refractivity contribution in [1.29, 1.82) is 0 Å². The van der Waals surface area contributed by atoms with Crippen molar-refractivity contribution >= 4 is 5.78 Å². The van der Waals surface area contributed by atoms with Gasteiger partial charge < -0.3 is 0 Å². The fourth-order valence-electron chi connectivity index (χ4n) is 2.38. The zero-order valence-electron chi connectivity index (χ0n) is 8.84. The lowest BCUT2D eigenvalue weighted by Crippen LogP contribution is -2.04. The number of carbonyl (C=O) groups is 1. The van der Waals surface area contributed by atoms with Crippen LogP contribution < -0.4 is 0 Å². The molecular formula is C13H16O. The van der Waals surface area contributed by atoms with Crippen LogP contribution >= 0.6 is 0 Å². The van der Waals surface area contributed by atoms with Crippen LogP contribution in [0.4, 0.5) is 0 Å². The first kappa shape index (κ1) is 9.45. The van der Waals surface area contributed by atoms with Gasteiger partial charge in [-0.25, -0.2) is 0 Å². The number of aryl methyl sites for hydroxylation is 2. The lowest BCUT2D eigenvalue weighted by molar-refractivity contribution is -0.118. The average molecular weight is 188 g/mol. The van der Waals surface area contributed by atoms with Crippen molar-refractivity contribution in [2.24, 2.45) is 0 Å². The van der Waals surface area contributed by atoms with Crippen molar-refractivity contribution in [2.45, 2.75) is 39.0 Å². The maximum atomic E-state index is 11.6. The van der Waals surface area contributed by atoms with E-state index in [2.05, 4.69) is 32.0 Å². The second-order valence-corrected chi connectivity index (χ2v) is 4.33. The standard InChI is InChI=1S/C13H16O/c1-9-6-10(2)8-11(7-9)12-4-3-5-13(12)14/h6-8,12H,3-5H2,1-2H3/t12-/m0/s1. The van der Waals surface area contributed by atoms with Crippen LogP contribution in [0.5, 0.6) is 0 Å². The fraction of sp³-hybridized carbons (Fsp3) is 0.462. The third-order valence-electron chi connectivity index (χ3n) is 2.95. The van der Waals surface area contributed by atoms with Gasteiger partial charge in [-0.15, -0.1) is 0 Å². The normalized spacial score (nSPS) is 21.6. The summed E-state index contributed by atoms with van der Waals surface area (Å²) in [4.78, 5) is 11.6. The van der Waals surface area contributed by atoms with Gasteiger partial charge in [0.1, 0.15) is 5.78 Å². The number of hydrogen-bond acceptors (Lipinski definition) is 1. The van der Waals surface area contributed by atoms with E-state index in [0.29, 0.717) is 5.78 Å². The summed E-state index contributed by atoms with van der Waals surface area (Å²) < 4.78 is 0. The van der Waals surface area contributed by atoms with Gasteiger partial charge in [0.15, 0.2) is 0 Å². The zero-order valence-corrected chi connectivity index (χ0v) is 8.84. The highest BCUT2D eigenvalue weighted by molar-refractivity contribution is 5.87. The van der Waals surface area contributed by atoms with E-state index in [1.165, 1.54) is 16.7 Å². The number of ketones is 1. The van der Waals surface area contributed by atoms with Crippen molar-refractivity contribution in [3.8, 4) is 0 Å². The monoisotopic (exact) mass is 188 g/mol. The summed E-state index contributed by atoms with van der Waals surface area (Å²) in [5.74, 6) is 0.614. The van der Waals surface area contributed by atoms with E-state index < -0.39 is 0 Å². The summed E-state index contributed by atoms with van der Waals surface area (Å²) in [5.41, 5.74) is 3.75. The Kier molecular flexibility index (Phi) is 2.40. The lowest BCUT2D eigenvalue weighted by Gasteiger charge is -2.10. The fourth-order valence-corrected chi connectivity index (χ4v) is 2.38. The molecule has 0 unspecified atom stereocenters. The SMILES string of the molecule is Cc1cc(C)cc([C@@H]2CCCC2=O)c1. The van der Waals surface area contributed by atoms with Gasteiger partial charge in [0.05, 0.1) is 0 Å². The molecular weight excluding hydrogens is 172 g/mol. The molecule has 0 bridgehead atoms. The molecule has 0 N–H and O–H groups in total. The summed E-state index contributed by atoms with van der Waals surface area (Å²) in [6.07, 6.45) is 2.88. The van der Waals surface area contributed by atoms with Crippen LogP contribution in [0.1, 0.15) is 41.9 Å². The first-order valence-corrected chi connectivity index (χ1v) is 5.28. The molecule has 2 rings (SSSR count). The van der Waals surface area contributed by atoms with Crippen LogP contribution in [-0.2, 0) is 4.79 Å². The van der Waals surface area contributed by atoms with Crippen LogP contribution in [0.3, 0.4) is 0 Å². The topological polar surface area (TPSA) is 17.1 Å². The van der Waals surface area contributed by atoms with Gasteiger partial charge >= 0.3 is 0 Å². The molecule has 0 aliphatic heterocycles. The first-order valence-electron chi connectivity index (χ1n) is 5.28. The van der Waals surface area contributed by atoms with E-state index in [-0.39, 0.29) is 5.92 Å². The third kappa shape index (κ3) is 1.72. The molecule has 1 saturated carbocycles. The summed E-state index contributed by atoms with van der Waals surface area (Å²) in [6, 6.07) is 6.46. The van der Waals surface area contributed by atoms with E-state index >= 15 is 0 Å². The van der Waals surface area contributed by atoms with Gasteiger partial charge in [-0.05, 0) is 32.3 Å². The summed E-state index contributed by atoms with van der Waals surface area (Å²) in [5, 5.41) is 0. The van der Waals surface area contributed by atoms with Crippen molar-refractivity contribution in [1.82, 2.24) is 0 Å². The number of carbonyl (C=O) groups excluding carboxylic acids is 1. The van der Waals surface area contributed by atoms with E-state index in [4.69, 9.17) is 0 Å². The minimum Gasteiger partial charge on any atom is -0.299 e. The molecule has 14 heavy (non-hydrogen) atoms. The molecule has 0 saturated heterocycles. The van der Waals surface area contributed by atoms with Crippen molar-refractivity contribution < 1.29 is 4.79 Å². The molecule has 74 valence electrons. The van der Waals surface area contributed by atoms with E-state index in [9.17, 15) is 4.79 Å². The van der Waals surface area contributed by atoms with E-state index in [1.807, 2.05) is 0 Å². The molecule has 1 aliphatic carbocycles. The number of hydrogen-bond donors (Lipinski definition) is 0. The number of rotatable bonds is 1. The second-order valence-electron chi connectivity index (χ2n) is 4.33. The smallest absolute Gasteiger partial charge is 0.140 e. The van der Waals surface area contributed by atoms with Crippen LogP contribution in [0.2, 0.25) is 0 Å². The van der Waals surface area contributed by atoms with E-state index in [1.54, 1.807) is 0 Å². The minimum atomic E-state index is 0.189. The Labute approximate surface area is 85.1 Å². The molecule has 0 radical (unpaired) electrons. The van der Waals surface area contributed by atoms with Crippen LogP contribution in [0.25, 0.3) is 0 Å². The van der Waals surface area contributed by atoms with Crippen molar-refractivity contribution in [3.05, 3.63) is 34.9 Å². The summed E-state index contributed by atoms with van der Waals surface area (Å²) in [7, 11) is 0. The minimum absolute atomic E-state index is 0.189. The Morgan fingerprint density at radius 1 is 1.14 bits per heavy atom. The summed E-state index contributed by atoms with van der Waals surface area (Å²) in [6.45, 7) is 4.19. The molecule has 1 aliphatic rings. The highest BCUT2D eigenvalue weighted by Gasteiger charge is 2.25.